The average Bonchev–Trinajstić information content (AvgIpc) is 2.51. The standard InChI is InChI=1S/C12H7F17O2/c1-4(30)31-3-2-5(13,14)6(15,16)7(17,18)8(19,20)9(21,22)10(23,24)11(25,26)12(27,28)29/h2-3H2,1H3. The Balaban J connectivity index is 6.46. The lowest BCUT2D eigenvalue weighted by Crippen LogP contribution is -2.74. The predicted octanol–water partition coefficient (Wildman–Crippen LogP) is 5.95. The van der Waals surface area contributed by atoms with Gasteiger partial charge in [0.1, 0.15) is 0 Å². The van der Waals surface area contributed by atoms with E-state index in [9.17, 15) is 79.4 Å². The van der Waals surface area contributed by atoms with Crippen molar-refractivity contribution in [2.24, 2.45) is 0 Å². The van der Waals surface area contributed by atoms with Gasteiger partial charge in [0.05, 0.1) is 13.0 Å². The average molecular weight is 506 g/mol. The van der Waals surface area contributed by atoms with Crippen LogP contribution in [0, 0.1) is 0 Å². The number of carbonyl (C=O) groups is 1. The van der Waals surface area contributed by atoms with E-state index in [4.69, 9.17) is 0 Å². The molecule has 0 unspecified atom stereocenters. The highest BCUT2D eigenvalue weighted by atomic mass is 19.4. The lowest BCUT2D eigenvalue weighted by molar-refractivity contribution is -0.461. The number of rotatable bonds is 9. The molecule has 0 spiro atoms. The lowest BCUT2D eigenvalue weighted by Gasteiger charge is -2.42. The van der Waals surface area contributed by atoms with Gasteiger partial charge in [-0.3, -0.25) is 4.79 Å². The second kappa shape index (κ2) is 7.70. The van der Waals surface area contributed by atoms with Crippen LogP contribution < -0.4 is 0 Å². The second-order valence-corrected chi connectivity index (χ2v) is 5.74. The molecule has 0 N–H and O–H groups in total. The quantitative estimate of drug-likeness (QED) is 0.286. The van der Waals surface area contributed by atoms with Crippen LogP contribution in [0.3, 0.4) is 0 Å². The van der Waals surface area contributed by atoms with Crippen molar-refractivity contribution in [1.29, 1.82) is 0 Å². The molecule has 0 fully saturated rings. The van der Waals surface area contributed by atoms with E-state index >= 15 is 0 Å². The highest BCUT2D eigenvalue weighted by molar-refractivity contribution is 5.65. The molecule has 0 aromatic carbocycles. The van der Waals surface area contributed by atoms with Crippen LogP contribution >= 0.6 is 0 Å². The molecule has 0 saturated carbocycles. The maximum atomic E-state index is 13.3. The summed E-state index contributed by atoms with van der Waals surface area (Å²) in [7, 11) is 0. The van der Waals surface area contributed by atoms with E-state index in [0.717, 1.165) is 0 Å². The molecule has 0 aromatic heterocycles. The summed E-state index contributed by atoms with van der Waals surface area (Å²) in [6.07, 6.45) is -10.6. The molecule has 2 nitrogen and oxygen atoms in total. The molecular weight excluding hydrogens is 499 g/mol. The molecule has 0 rings (SSSR count). The molecule has 186 valence electrons. The number of hydrogen-bond acceptors (Lipinski definition) is 2. The van der Waals surface area contributed by atoms with Gasteiger partial charge in [-0.2, -0.15) is 74.6 Å². The normalized spacial score (nSPS) is 15.8. The van der Waals surface area contributed by atoms with Crippen molar-refractivity contribution in [3.8, 4) is 0 Å². The van der Waals surface area contributed by atoms with Gasteiger partial charge in [0.15, 0.2) is 0 Å². The summed E-state index contributed by atoms with van der Waals surface area (Å²) < 4.78 is 223. The third-order valence-electron chi connectivity index (χ3n) is 3.51. The molecule has 0 atom stereocenters. The van der Waals surface area contributed by atoms with Crippen molar-refractivity contribution in [1.82, 2.24) is 0 Å². The zero-order valence-electron chi connectivity index (χ0n) is 14.2. The molecule has 0 aliphatic heterocycles. The van der Waals surface area contributed by atoms with Gasteiger partial charge >= 0.3 is 53.6 Å². The Morgan fingerprint density at radius 2 is 0.839 bits per heavy atom. The number of esters is 1. The first-order valence-electron chi connectivity index (χ1n) is 7.01. The van der Waals surface area contributed by atoms with Crippen LogP contribution in [-0.4, -0.2) is 60.2 Å². The molecule has 0 bridgehead atoms. The Kier molecular flexibility index (Phi) is 7.27. The molecule has 31 heavy (non-hydrogen) atoms. The number of hydrogen-bond donors (Lipinski definition) is 0. The minimum absolute atomic E-state index is 0.447. The van der Waals surface area contributed by atoms with E-state index in [-0.39, 0.29) is 0 Å². The number of alkyl halides is 17. The molecule has 0 radical (unpaired) electrons. The molecule has 0 amide bonds. The van der Waals surface area contributed by atoms with Gasteiger partial charge < -0.3 is 4.74 Å². The van der Waals surface area contributed by atoms with Crippen molar-refractivity contribution in [3.63, 3.8) is 0 Å². The van der Waals surface area contributed by atoms with Crippen molar-refractivity contribution in [3.05, 3.63) is 0 Å². The molecule has 0 saturated heterocycles. The molecule has 0 heterocycles. The van der Waals surface area contributed by atoms with Gasteiger partial charge in [0, 0.05) is 6.92 Å². The van der Waals surface area contributed by atoms with E-state index in [0.29, 0.717) is 6.92 Å². The summed E-state index contributed by atoms with van der Waals surface area (Å²) in [5.74, 6) is -58.1. The van der Waals surface area contributed by atoms with Crippen molar-refractivity contribution in [2.45, 2.75) is 61.0 Å². The van der Waals surface area contributed by atoms with Gasteiger partial charge in [-0.1, -0.05) is 0 Å². The van der Waals surface area contributed by atoms with Gasteiger partial charge in [0.25, 0.3) is 0 Å². The fourth-order valence-corrected chi connectivity index (χ4v) is 1.68. The van der Waals surface area contributed by atoms with Gasteiger partial charge in [-0.05, 0) is 0 Å². The molecule has 0 aliphatic carbocycles. The van der Waals surface area contributed by atoms with Crippen LogP contribution in [0.5, 0.6) is 0 Å². The third-order valence-corrected chi connectivity index (χ3v) is 3.51. The Morgan fingerprint density at radius 1 is 0.548 bits per heavy atom. The highest BCUT2D eigenvalue weighted by Crippen LogP contribution is 2.64. The van der Waals surface area contributed by atoms with Crippen LogP contribution in [0.1, 0.15) is 13.3 Å². The van der Waals surface area contributed by atoms with E-state index < -0.39 is 66.6 Å². The zero-order chi connectivity index (χ0) is 25.7. The second-order valence-electron chi connectivity index (χ2n) is 5.74. The Hall–Kier alpha value is -1.72. The Morgan fingerprint density at radius 3 is 1.13 bits per heavy atom. The van der Waals surface area contributed by atoms with E-state index in [1.54, 1.807) is 0 Å². The van der Waals surface area contributed by atoms with Crippen LogP contribution in [0.2, 0.25) is 0 Å². The summed E-state index contributed by atoms with van der Waals surface area (Å²) in [5.41, 5.74) is 0. The first-order valence-corrected chi connectivity index (χ1v) is 7.01. The van der Waals surface area contributed by atoms with E-state index in [1.165, 1.54) is 0 Å². The lowest BCUT2D eigenvalue weighted by atomic mass is 9.88. The monoisotopic (exact) mass is 506 g/mol. The maximum absolute atomic E-state index is 13.3. The first kappa shape index (κ1) is 29.3. The topological polar surface area (TPSA) is 26.3 Å². The third kappa shape index (κ3) is 4.19. The summed E-state index contributed by atoms with van der Waals surface area (Å²) >= 11 is 0. The SMILES string of the molecule is CC(=O)OCCC(F)(F)C(F)(F)C(F)(F)C(F)(F)C(F)(F)C(F)(F)C(F)(F)C(F)(F)F. The van der Waals surface area contributed by atoms with Crippen LogP contribution in [0.15, 0.2) is 0 Å². The van der Waals surface area contributed by atoms with Crippen molar-refractivity contribution >= 4 is 5.97 Å². The summed E-state index contributed by atoms with van der Waals surface area (Å²) in [6.45, 7) is -1.49. The van der Waals surface area contributed by atoms with Crippen molar-refractivity contribution in [2.75, 3.05) is 6.61 Å². The number of halogens is 17. The highest BCUT2D eigenvalue weighted by Gasteiger charge is 2.95. The molecule has 19 heteroatoms. The van der Waals surface area contributed by atoms with Crippen LogP contribution in [0.4, 0.5) is 74.6 Å². The minimum Gasteiger partial charge on any atom is -0.466 e. The zero-order valence-corrected chi connectivity index (χ0v) is 14.2. The molecular formula is C12H7F17O2. The van der Waals surface area contributed by atoms with Crippen molar-refractivity contribution < 1.29 is 84.2 Å². The number of carbonyl (C=O) groups excluding carboxylic acids is 1. The predicted molar refractivity (Wildman–Crippen MR) is 61.9 cm³/mol. The molecule has 0 aromatic rings. The smallest absolute Gasteiger partial charge is 0.460 e. The van der Waals surface area contributed by atoms with E-state index in [2.05, 4.69) is 4.74 Å². The Labute approximate surface area is 159 Å². The van der Waals surface area contributed by atoms with Crippen LogP contribution in [0.25, 0.3) is 0 Å². The van der Waals surface area contributed by atoms with Gasteiger partial charge in [-0.25, -0.2) is 0 Å². The van der Waals surface area contributed by atoms with Crippen LogP contribution in [-0.2, 0) is 9.53 Å². The minimum atomic E-state index is -8.65. The van der Waals surface area contributed by atoms with Gasteiger partial charge in [0.2, 0.25) is 0 Å². The summed E-state index contributed by atoms with van der Waals surface area (Å²) in [4.78, 5) is 10.3. The number of ether oxygens (including phenoxy) is 1. The Bertz CT molecular complexity index is 663. The fourth-order valence-electron chi connectivity index (χ4n) is 1.68. The molecule has 0 aliphatic rings. The van der Waals surface area contributed by atoms with E-state index in [1.807, 2.05) is 0 Å². The van der Waals surface area contributed by atoms with Gasteiger partial charge in [-0.15, -0.1) is 0 Å². The summed E-state index contributed by atoms with van der Waals surface area (Å²) in [5, 5.41) is 0. The largest absolute Gasteiger partial charge is 0.466 e. The first-order chi connectivity index (χ1) is 13.2. The fraction of sp³-hybridized carbons (Fsp3) is 0.917. The summed E-state index contributed by atoms with van der Waals surface area (Å²) in [6, 6.07) is 0. The maximum Gasteiger partial charge on any atom is 0.460 e.